The van der Waals surface area contributed by atoms with Crippen molar-refractivity contribution in [2.45, 2.75) is 0 Å². The molecular formula is C25H15N3O2S. The van der Waals surface area contributed by atoms with Crippen LogP contribution in [0.15, 0.2) is 93.6 Å². The fraction of sp³-hybridized carbons (Fsp3) is 0. The van der Waals surface area contributed by atoms with Gasteiger partial charge >= 0.3 is 5.63 Å². The van der Waals surface area contributed by atoms with Crippen LogP contribution >= 0.6 is 11.3 Å². The smallest absolute Gasteiger partial charge is 0.345 e. The molecule has 148 valence electrons. The maximum Gasteiger partial charge on any atom is 0.345 e. The van der Waals surface area contributed by atoms with Crippen LogP contribution in [0.2, 0.25) is 0 Å². The van der Waals surface area contributed by atoms with Crippen LogP contribution < -0.4 is 10.9 Å². The van der Waals surface area contributed by atoms with E-state index in [9.17, 15) is 10.1 Å². The van der Waals surface area contributed by atoms with Gasteiger partial charge in [-0.2, -0.15) is 5.26 Å². The number of nitrogens with zero attached hydrogens (tertiary/aromatic N) is 2. The van der Waals surface area contributed by atoms with Crippen molar-refractivity contribution in [3.05, 3.63) is 99.8 Å². The minimum atomic E-state index is -0.454. The Hall–Kier alpha value is -4.21. The fourth-order valence-corrected chi connectivity index (χ4v) is 4.19. The number of rotatable bonds is 4. The minimum Gasteiger partial charge on any atom is -0.422 e. The zero-order chi connectivity index (χ0) is 21.2. The summed E-state index contributed by atoms with van der Waals surface area (Å²) in [5, 5.41) is 17.9. The molecule has 0 saturated heterocycles. The summed E-state index contributed by atoms with van der Waals surface area (Å²) in [5.41, 5.74) is 2.20. The quantitative estimate of drug-likeness (QED) is 0.217. The molecule has 0 bridgehead atoms. The van der Waals surface area contributed by atoms with Crippen LogP contribution in [0.25, 0.3) is 38.6 Å². The second-order valence-corrected chi connectivity index (χ2v) is 7.72. The Balaban J connectivity index is 1.56. The first-order valence-corrected chi connectivity index (χ1v) is 10.4. The van der Waals surface area contributed by atoms with E-state index >= 15 is 0 Å². The third-order valence-electron chi connectivity index (χ3n) is 4.93. The number of nitriles is 1. The number of nitrogens with one attached hydrogen (secondary N) is 1. The molecule has 2 aromatic heterocycles. The van der Waals surface area contributed by atoms with Crippen LogP contribution in [0.5, 0.6) is 0 Å². The van der Waals surface area contributed by atoms with Gasteiger partial charge in [-0.05, 0) is 35.0 Å². The third kappa shape index (κ3) is 3.59. The summed E-state index contributed by atoms with van der Waals surface area (Å²) in [6.07, 6.45) is 1.62. The van der Waals surface area contributed by atoms with E-state index in [4.69, 9.17) is 4.42 Å². The number of hydrogen-bond donors (Lipinski definition) is 1. The van der Waals surface area contributed by atoms with Crippen molar-refractivity contribution in [2.75, 3.05) is 5.32 Å². The Kier molecular flexibility index (Phi) is 4.79. The molecule has 0 aliphatic heterocycles. The summed E-state index contributed by atoms with van der Waals surface area (Å²) < 4.78 is 5.57. The van der Waals surface area contributed by atoms with Crippen molar-refractivity contribution in [2.24, 2.45) is 0 Å². The Bertz CT molecular complexity index is 1540. The van der Waals surface area contributed by atoms with Gasteiger partial charge in [0, 0.05) is 22.7 Å². The van der Waals surface area contributed by atoms with Gasteiger partial charge in [0.15, 0.2) is 0 Å². The molecule has 0 amide bonds. The SMILES string of the molecule is N#CC(=CNc1ccccc1)c1nc(-c2cc3c(ccc4ccccc43)oc2=O)cs1. The topological polar surface area (TPSA) is 78.9 Å². The van der Waals surface area contributed by atoms with Crippen LogP contribution in [0.1, 0.15) is 5.01 Å². The summed E-state index contributed by atoms with van der Waals surface area (Å²) in [6, 6.07) is 25.2. The molecule has 0 aliphatic carbocycles. The highest BCUT2D eigenvalue weighted by molar-refractivity contribution is 7.11. The Morgan fingerprint density at radius 1 is 1.03 bits per heavy atom. The lowest BCUT2D eigenvalue weighted by atomic mass is 10.0. The maximum atomic E-state index is 12.6. The summed E-state index contributed by atoms with van der Waals surface area (Å²) >= 11 is 1.31. The second-order valence-electron chi connectivity index (χ2n) is 6.86. The van der Waals surface area contributed by atoms with Gasteiger partial charge in [0.25, 0.3) is 0 Å². The van der Waals surface area contributed by atoms with Gasteiger partial charge in [-0.3, -0.25) is 0 Å². The van der Waals surface area contributed by atoms with E-state index in [0.29, 0.717) is 27.4 Å². The highest BCUT2D eigenvalue weighted by atomic mass is 32.1. The summed E-state index contributed by atoms with van der Waals surface area (Å²) in [5.74, 6) is 0. The number of anilines is 1. The summed E-state index contributed by atoms with van der Waals surface area (Å²) in [4.78, 5) is 17.2. The molecule has 31 heavy (non-hydrogen) atoms. The van der Waals surface area contributed by atoms with Crippen LogP contribution in [0.3, 0.4) is 0 Å². The van der Waals surface area contributed by atoms with Gasteiger partial charge in [-0.25, -0.2) is 9.78 Å². The molecule has 0 radical (unpaired) electrons. The number of thiazole rings is 1. The number of para-hydroxylation sites is 1. The van der Waals surface area contributed by atoms with Crippen LogP contribution in [0.4, 0.5) is 5.69 Å². The average molecular weight is 421 g/mol. The first-order chi connectivity index (χ1) is 15.2. The zero-order valence-corrected chi connectivity index (χ0v) is 17.0. The first kappa shape index (κ1) is 18.8. The second kappa shape index (κ2) is 7.90. The Morgan fingerprint density at radius 3 is 2.68 bits per heavy atom. The van der Waals surface area contributed by atoms with E-state index in [1.807, 2.05) is 66.7 Å². The van der Waals surface area contributed by atoms with Gasteiger partial charge in [0.05, 0.1) is 11.3 Å². The third-order valence-corrected chi connectivity index (χ3v) is 5.81. The molecule has 0 spiro atoms. The predicted octanol–water partition coefficient (Wildman–Crippen LogP) is 6.05. The van der Waals surface area contributed by atoms with E-state index in [1.54, 1.807) is 17.6 Å². The van der Waals surface area contributed by atoms with Gasteiger partial charge in [-0.15, -0.1) is 11.3 Å². The van der Waals surface area contributed by atoms with Gasteiger partial charge in [0.2, 0.25) is 0 Å². The summed E-state index contributed by atoms with van der Waals surface area (Å²) in [6.45, 7) is 0. The van der Waals surface area contributed by atoms with E-state index in [2.05, 4.69) is 16.4 Å². The Labute approximate surface area is 181 Å². The fourth-order valence-electron chi connectivity index (χ4n) is 3.40. The van der Waals surface area contributed by atoms with E-state index in [-0.39, 0.29) is 0 Å². The average Bonchev–Trinajstić information content (AvgIpc) is 3.29. The van der Waals surface area contributed by atoms with Gasteiger partial charge in [-0.1, -0.05) is 48.5 Å². The van der Waals surface area contributed by atoms with Crippen molar-refractivity contribution in [1.29, 1.82) is 5.26 Å². The van der Waals surface area contributed by atoms with Crippen molar-refractivity contribution in [1.82, 2.24) is 4.98 Å². The Morgan fingerprint density at radius 2 is 1.84 bits per heavy atom. The number of hydrogen-bond acceptors (Lipinski definition) is 6. The van der Waals surface area contributed by atoms with Crippen LogP contribution in [0, 0.1) is 11.3 Å². The normalized spacial score (nSPS) is 11.5. The zero-order valence-electron chi connectivity index (χ0n) is 16.2. The molecule has 1 N–H and O–H groups in total. The van der Waals surface area contributed by atoms with Crippen molar-refractivity contribution >= 4 is 44.3 Å². The standard InChI is InChI=1S/C25H15N3O2S/c26-13-17(14-27-18-7-2-1-3-8-18)24-28-22(15-31-24)21-12-20-19-9-5-4-6-16(19)10-11-23(20)30-25(21)29/h1-12,14-15,27H. The van der Waals surface area contributed by atoms with Crippen LogP contribution in [-0.4, -0.2) is 4.98 Å². The monoisotopic (exact) mass is 421 g/mol. The maximum absolute atomic E-state index is 12.6. The number of aromatic nitrogens is 1. The lowest BCUT2D eigenvalue weighted by molar-refractivity contribution is 0.563. The van der Waals surface area contributed by atoms with Crippen LogP contribution in [-0.2, 0) is 0 Å². The lowest BCUT2D eigenvalue weighted by Gasteiger charge is -2.04. The molecule has 5 aromatic rings. The summed E-state index contributed by atoms with van der Waals surface area (Å²) in [7, 11) is 0. The molecule has 5 rings (SSSR count). The van der Waals surface area contributed by atoms with E-state index in [0.717, 1.165) is 21.8 Å². The van der Waals surface area contributed by atoms with Crippen molar-refractivity contribution in [3.63, 3.8) is 0 Å². The molecule has 0 aliphatic rings. The number of allylic oxidation sites excluding steroid dienone is 1. The van der Waals surface area contributed by atoms with Crippen molar-refractivity contribution < 1.29 is 4.42 Å². The van der Waals surface area contributed by atoms with E-state index in [1.165, 1.54) is 11.3 Å². The molecule has 0 saturated carbocycles. The van der Waals surface area contributed by atoms with Crippen molar-refractivity contribution in [3.8, 4) is 17.3 Å². The molecule has 3 aromatic carbocycles. The van der Waals surface area contributed by atoms with Gasteiger partial charge < -0.3 is 9.73 Å². The number of benzene rings is 3. The lowest BCUT2D eigenvalue weighted by Crippen LogP contribution is -2.03. The highest BCUT2D eigenvalue weighted by Crippen LogP contribution is 2.29. The van der Waals surface area contributed by atoms with E-state index < -0.39 is 5.63 Å². The molecular weight excluding hydrogens is 406 g/mol. The predicted molar refractivity (Wildman–Crippen MR) is 125 cm³/mol. The largest absolute Gasteiger partial charge is 0.422 e. The molecule has 6 heteroatoms. The molecule has 0 unspecified atom stereocenters. The number of fused-ring (bicyclic) bond motifs is 3. The molecule has 2 heterocycles. The molecule has 0 atom stereocenters. The first-order valence-electron chi connectivity index (χ1n) is 9.57. The highest BCUT2D eigenvalue weighted by Gasteiger charge is 2.15. The molecule has 5 nitrogen and oxygen atoms in total. The minimum absolute atomic E-state index is 0.375. The van der Waals surface area contributed by atoms with Gasteiger partial charge in [0.1, 0.15) is 22.2 Å². The molecule has 0 fully saturated rings.